The van der Waals surface area contributed by atoms with Crippen LogP contribution >= 0.6 is 0 Å². The SMILES string of the molecule is COc1nc(CNS(=O)(=O)c2cccc(F)c2)nc(N(C)C)n1. The van der Waals surface area contributed by atoms with E-state index in [1.807, 2.05) is 0 Å². The zero-order valence-corrected chi connectivity index (χ0v) is 13.6. The van der Waals surface area contributed by atoms with Crippen LogP contribution in [0.5, 0.6) is 6.01 Å². The third-order valence-corrected chi connectivity index (χ3v) is 4.16. The third kappa shape index (κ3) is 4.33. The van der Waals surface area contributed by atoms with Crippen molar-refractivity contribution in [1.82, 2.24) is 19.7 Å². The summed E-state index contributed by atoms with van der Waals surface area (Å²) in [6.07, 6.45) is 0. The number of nitrogens with zero attached hydrogens (tertiary/aromatic N) is 4. The van der Waals surface area contributed by atoms with E-state index >= 15 is 0 Å². The molecule has 2 rings (SSSR count). The minimum absolute atomic E-state index is 0.0728. The molecule has 0 fully saturated rings. The van der Waals surface area contributed by atoms with Crippen LogP contribution in [-0.2, 0) is 16.6 Å². The van der Waals surface area contributed by atoms with Gasteiger partial charge >= 0.3 is 6.01 Å². The second kappa shape index (κ2) is 6.84. The molecule has 10 heteroatoms. The van der Waals surface area contributed by atoms with Crippen molar-refractivity contribution in [2.45, 2.75) is 11.4 Å². The van der Waals surface area contributed by atoms with Crippen LogP contribution in [0.4, 0.5) is 10.3 Å². The first-order valence-corrected chi connectivity index (χ1v) is 8.01. The van der Waals surface area contributed by atoms with Crippen LogP contribution in [-0.4, -0.2) is 44.6 Å². The standard InChI is InChI=1S/C13H16FN5O3S/c1-19(2)12-16-11(17-13(18-12)22-3)8-15-23(20,21)10-6-4-5-9(14)7-10/h4-7,15H,8H2,1-3H3. The second-order valence-electron chi connectivity index (χ2n) is 4.71. The average Bonchev–Trinajstić information content (AvgIpc) is 2.52. The molecule has 0 bridgehead atoms. The molecule has 23 heavy (non-hydrogen) atoms. The summed E-state index contributed by atoms with van der Waals surface area (Å²) in [7, 11) is 0.983. The highest BCUT2D eigenvalue weighted by atomic mass is 32.2. The lowest BCUT2D eigenvalue weighted by Gasteiger charge is -2.12. The summed E-state index contributed by atoms with van der Waals surface area (Å²) in [5, 5.41) is 0. The van der Waals surface area contributed by atoms with Crippen molar-refractivity contribution in [2.75, 3.05) is 26.1 Å². The first kappa shape index (κ1) is 17.0. The van der Waals surface area contributed by atoms with Crippen molar-refractivity contribution >= 4 is 16.0 Å². The number of anilines is 1. The minimum atomic E-state index is -3.88. The molecule has 0 aliphatic carbocycles. The van der Waals surface area contributed by atoms with E-state index in [1.165, 1.54) is 25.3 Å². The van der Waals surface area contributed by atoms with Gasteiger partial charge in [-0.15, -0.1) is 0 Å². The molecule has 0 spiro atoms. The molecule has 8 nitrogen and oxygen atoms in total. The number of halogens is 1. The van der Waals surface area contributed by atoms with Crippen LogP contribution < -0.4 is 14.4 Å². The van der Waals surface area contributed by atoms with Gasteiger partial charge in [-0.2, -0.15) is 15.0 Å². The molecular formula is C13H16FN5O3S. The number of benzene rings is 1. The molecule has 0 aliphatic rings. The Morgan fingerprint density at radius 1 is 1.26 bits per heavy atom. The molecule has 0 unspecified atom stereocenters. The summed E-state index contributed by atoms with van der Waals surface area (Å²) in [5.74, 6) is -0.123. The number of hydrogen-bond acceptors (Lipinski definition) is 7. The van der Waals surface area contributed by atoms with Gasteiger partial charge in [0.25, 0.3) is 0 Å². The molecular weight excluding hydrogens is 325 g/mol. The van der Waals surface area contributed by atoms with Gasteiger partial charge in [-0.25, -0.2) is 17.5 Å². The zero-order chi connectivity index (χ0) is 17.0. The molecule has 1 N–H and O–H groups in total. The maximum atomic E-state index is 13.2. The molecule has 1 heterocycles. The number of nitrogens with one attached hydrogen (secondary N) is 1. The van der Waals surface area contributed by atoms with Crippen molar-refractivity contribution in [3.8, 4) is 6.01 Å². The van der Waals surface area contributed by atoms with Gasteiger partial charge < -0.3 is 9.64 Å². The Morgan fingerprint density at radius 2 is 2.00 bits per heavy atom. The first-order chi connectivity index (χ1) is 10.8. The van der Waals surface area contributed by atoms with Crippen LogP contribution in [0.2, 0.25) is 0 Å². The molecule has 124 valence electrons. The Labute approximate surface area is 133 Å². The highest BCUT2D eigenvalue weighted by Gasteiger charge is 2.16. The highest BCUT2D eigenvalue weighted by molar-refractivity contribution is 7.89. The topological polar surface area (TPSA) is 97.3 Å². The maximum Gasteiger partial charge on any atom is 0.321 e. The van der Waals surface area contributed by atoms with E-state index < -0.39 is 15.8 Å². The number of ether oxygens (including phenoxy) is 1. The Hall–Kier alpha value is -2.33. The minimum Gasteiger partial charge on any atom is -0.467 e. The molecule has 0 aliphatic heterocycles. The normalized spacial score (nSPS) is 11.3. The molecule has 2 aromatic rings. The summed E-state index contributed by atoms with van der Waals surface area (Å²) in [5.41, 5.74) is 0. The zero-order valence-electron chi connectivity index (χ0n) is 12.8. The number of hydrogen-bond donors (Lipinski definition) is 1. The van der Waals surface area contributed by atoms with Crippen molar-refractivity contribution in [2.24, 2.45) is 0 Å². The Balaban J connectivity index is 2.21. The van der Waals surface area contributed by atoms with Crippen molar-refractivity contribution in [1.29, 1.82) is 0 Å². The summed E-state index contributed by atoms with van der Waals surface area (Å²) in [6.45, 7) is -0.182. The lowest BCUT2D eigenvalue weighted by molar-refractivity contribution is 0.375. The van der Waals surface area contributed by atoms with E-state index in [0.29, 0.717) is 5.95 Å². The van der Waals surface area contributed by atoms with E-state index in [-0.39, 0.29) is 23.3 Å². The van der Waals surface area contributed by atoms with Gasteiger partial charge in [0, 0.05) is 14.1 Å². The van der Waals surface area contributed by atoms with E-state index in [0.717, 1.165) is 6.07 Å². The van der Waals surface area contributed by atoms with Gasteiger partial charge in [0.05, 0.1) is 18.6 Å². The van der Waals surface area contributed by atoms with E-state index in [9.17, 15) is 12.8 Å². The number of rotatable bonds is 6. The van der Waals surface area contributed by atoms with E-state index in [1.54, 1.807) is 19.0 Å². The molecule has 1 aromatic heterocycles. The van der Waals surface area contributed by atoms with Crippen LogP contribution in [0.15, 0.2) is 29.2 Å². The molecule has 0 saturated carbocycles. The Kier molecular flexibility index (Phi) is 5.06. The molecule has 0 atom stereocenters. The lowest BCUT2D eigenvalue weighted by Crippen LogP contribution is -2.25. The van der Waals surface area contributed by atoms with E-state index in [4.69, 9.17) is 4.74 Å². The molecule has 1 aromatic carbocycles. The van der Waals surface area contributed by atoms with E-state index in [2.05, 4.69) is 19.7 Å². The monoisotopic (exact) mass is 341 g/mol. The van der Waals surface area contributed by atoms with Crippen LogP contribution in [0.25, 0.3) is 0 Å². The van der Waals surface area contributed by atoms with Crippen LogP contribution in [0.3, 0.4) is 0 Å². The Bertz CT molecular complexity index is 798. The predicted molar refractivity (Wildman–Crippen MR) is 81.1 cm³/mol. The lowest BCUT2D eigenvalue weighted by atomic mass is 10.4. The third-order valence-electron chi connectivity index (χ3n) is 2.76. The second-order valence-corrected chi connectivity index (χ2v) is 6.48. The van der Waals surface area contributed by atoms with Crippen LogP contribution in [0, 0.1) is 5.82 Å². The maximum absolute atomic E-state index is 13.2. The molecule has 0 amide bonds. The quantitative estimate of drug-likeness (QED) is 0.820. The fourth-order valence-electron chi connectivity index (χ4n) is 1.63. The van der Waals surface area contributed by atoms with Crippen molar-refractivity contribution < 1.29 is 17.5 Å². The smallest absolute Gasteiger partial charge is 0.321 e. The average molecular weight is 341 g/mol. The number of aromatic nitrogens is 3. The van der Waals surface area contributed by atoms with Crippen molar-refractivity contribution in [3.05, 3.63) is 35.9 Å². The van der Waals surface area contributed by atoms with Gasteiger partial charge in [-0.3, -0.25) is 0 Å². The first-order valence-electron chi connectivity index (χ1n) is 6.53. The van der Waals surface area contributed by atoms with Crippen LogP contribution in [0.1, 0.15) is 5.82 Å². The summed E-state index contributed by atoms with van der Waals surface area (Å²) in [4.78, 5) is 13.6. The summed E-state index contributed by atoms with van der Waals surface area (Å²) < 4.78 is 44.7. The highest BCUT2D eigenvalue weighted by Crippen LogP contribution is 2.12. The Morgan fingerprint density at radius 3 is 2.61 bits per heavy atom. The predicted octanol–water partition coefficient (Wildman–Crippen LogP) is 0.564. The summed E-state index contributed by atoms with van der Waals surface area (Å²) >= 11 is 0. The van der Waals surface area contributed by atoms with Gasteiger partial charge in [0.2, 0.25) is 16.0 Å². The number of methoxy groups -OCH3 is 1. The van der Waals surface area contributed by atoms with Gasteiger partial charge in [-0.1, -0.05) is 6.07 Å². The largest absolute Gasteiger partial charge is 0.467 e. The van der Waals surface area contributed by atoms with Gasteiger partial charge in [0.15, 0.2) is 5.82 Å². The fourth-order valence-corrected chi connectivity index (χ4v) is 2.65. The van der Waals surface area contributed by atoms with Gasteiger partial charge in [-0.05, 0) is 18.2 Å². The fraction of sp³-hybridized carbons (Fsp3) is 0.308. The molecule has 0 saturated heterocycles. The molecule has 0 radical (unpaired) electrons. The van der Waals surface area contributed by atoms with Crippen molar-refractivity contribution in [3.63, 3.8) is 0 Å². The summed E-state index contributed by atoms with van der Waals surface area (Å²) in [6, 6.07) is 4.79. The van der Waals surface area contributed by atoms with Gasteiger partial charge in [0.1, 0.15) is 5.82 Å². The number of sulfonamides is 1.